The largest absolute Gasteiger partial charge is 0.457 e. The monoisotopic (exact) mass is 456 g/mol. The van der Waals surface area contributed by atoms with E-state index in [-0.39, 0.29) is 17.6 Å². The quantitative estimate of drug-likeness (QED) is 0.176. The maximum absolute atomic E-state index is 11.1. The molecule has 1 aliphatic carbocycles. The molecule has 8 heteroatoms. The molecule has 0 aliphatic heterocycles. The van der Waals surface area contributed by atoms with Crippen molar-refractivity contribution in [3.63, 3.8) is 0 Å². The van der Waals surface area contributed by atoms with E-state index >= 15 is 0 Å². The first-order valence-electron chi connectivity index (χ1n) is 11.4. The first-order chi connectivity index (χ1) is 15.4. The van der Waals surface area contributed by atoms with Crippen LogP contribution in [0.2, 0.25) is 0 Å². The lowest BCUT2D eigenvalue weighted by Gasteiger charge is -2.36. The Hall–Kier alpha value is -1.74. The minimum atomic E-state index is -0.451. The fraction of sp³-hybridized carbons (Fsp3) is 0.750. The topological polar surface area (TPSA) is 89.5 Å². The Labute approximate surface area is 192 Å². The summed E-state index contributed by atoms with van der Waals surface area (Å²) in [5.74, 6) is -0.903. The van der Waals surface area contributed by atoms with Crippen LogP contribution in [0.15, 0.2) is 25.3 Å². The van der Waals surface area contributed by atoms with Crippen LogP contribution >= 0.6 is 0 Å². The van der Waals surface area contributed by atoms with Gasteiger partial charge in [0.05, 0.1) is 52.9 Å². The van der Waals surface area contributed by atoms with Gasteiger partial charge in [-0.15, -0.1) is 0 Å². The molecule has 8 nitrogen and oxygen atoms in total. The lowest BCUT2D eigenvalue weighted by molar-refractivity contribution is -0.146. The highest BCUT2D eigenvalue weighted by Crippen LogP contribution is 2.36. The zero-order chi connectivity index (χ0) is 23.7. The van der Waals surface area contributed by atoms with Gasteiger partial charge in [-0.1, -0.05) is 32.4 Å². The SMILES string of the molecule is C=CC(=O)OC(C)COCCOCC1(COCCOCC(C)OC(=O)C=C)CCCCC1. The third kappa shape index (κ3) is 13.0. The van der Waals surface area contributed by atoms with Crippen LogP contribution in [-0.2, 0) is 38.0 Å². The average molecular weight is 457 g/mol. The van der Waals surface area contributed by atoms with Gasteiger partial charge in [0.25, 0.3) is 0 Å². The summed E-state index contributed by atoms with van der Waals surface area (Å²) in [5, 5.41) is 0. The van der Waals surface area contributed by atoms with Crippen LogP contribution in [0.1, 0.15) is 46.0 Å². The van der Waals surface area contributed by atoms with Crippen LogP contribution in [0.25, 0.3) is 0 Å². The highest BCUT2D eigenvalue weighted by atomic mass is 16.6. The van der Waals surface area contributed by atoms with E-state index < -0.39 is 11.9 Å². The second kappa shape index (κ2) is 16.8. The highest BCUT2D eigenvalue weighted by Gasteiger charge is 2.32. The Kier molecular flexibility index (Phi) is 14.9. The second-order valence-corrected chi connectivity index (χ2v) is 8.22. The minimum absolute atomic E-state index is 0.0256. The van der Waals surface area contributed by atoms with Gasteiger partial charge in [-0.2, -0.15) is 0 Å². The van der Waals surface area contributed by atoms with E-state index in [0.717, 1.165) is 25.0 Å². The Balaban J connectivity index is 2.18. The molecular formula is C24H40O8. The van der Waals surface area contributed by atoms with Gasteiger partial charge in [0.15, 0.2) is 0 Å². The zero-order valence-electron chi connectivity index (χ0n) is 19.7. The molecule has 1 saturated carbocycles. The molecule has 0 heterocycles. The number of rotatable bonds is 18. The van der Waals surface area contributed by atoms with Crippen LogP contribution in [0, 0.1) is 5.41 Å². The van der Waals surface area contributed by atoms with Crippen molar-refractivity contribution in [1.29, 1.82) is 0 Å². The standard InChI is InChI=1S/C24H40O8/c1-5-22(25)31-20(3)16-27-12-14-29-18-24(10-8-7-9-11-24)19-30-15-13-28-17-21(4)32-23(26)6-2/h5-6,20-21H,1-2,7-19H2,3-4H3. The van der Waals surface area contributed by atoms with Crippen LogP contribution in [0.5, 0.6) is 0 Å². The molecule has 1 rings (SSSR count). The molecule has 1 fully saturated rings. The molecule has 2 atom stereocenters. The van der Waals surface area contributed by atoms with Gasteiger partial charge in [0, 0.05) is 17.6 Å². The lowest BCUT2D eigenvalue weighted by Crippen LogP contribution is -2.35. The summed E-state index contributed by atoms with van der Waals surface area (Å²) in [4.78, 5) is 22.3. The van der Waals surface area contributed by atoms with E-state index in [0.29, 0.717) is 52.9 Å². The Bertz CT molecular complexity index is 514. The van der Waals surface area contributed by atoms with Crippen molar-refractivity contribution in [3.8, 4) is 0 Å². The smallest absolute Gasteiger partial charge is 0.330 e. The van der Waals surface area contributed by atoms with Crippen molar-refractivity contribution in [3.05, 3.63) is 25.3 Å². The summed E-state index contributed by atoms with van der Waals surface area (Å²) in [7, 11) is 0. The minimum Gasteiger partial charge on any atom is -0.457 e. The van der Waals surface area contributed by atoms with E-state index in [1.54, 1.807) is 13.8 Å². The van der Waals surface area contributed by atoms with Gasteiger partial charge in [0.1, 0.15) is 12.2 Å². The number of carbonyl (C=O) groups is 2. The molecule has 2 unspecified atom stereocenters. The Morgan fingerprint density at radius 3 is 1.56 bits per heavy atom. The Morgan fingerprint density at radius 2 is 1.16 bits per heavy atom. The van der Waals surface area contributed by atoms with E-state index in [4.69, 9.17) is 28.4 Å². The van der Waals surface area contributed by atoms with E-state index in [2.05, 4.69) is 13.2 Å². The first kappa shape index (κ1) is 28.3. The molecule has 184 valence electrons. The summed E-state index contributed by atoms with van der Waals surface area (Å²) in [5.41, 5.74) is 0.0256. The van der Waals surface area contributed by atoms with Gasteiger partial charge in [-0.3, -0.25) is 0 Å². The molecule has 0 saturated heterocycles. The number of hydrogen-bond acceptors (Lipinski definition) is 8. The Morgan fingerprint density at radius 1 is 0.750 bits per heavy atom. The summed E-state index contributed by atoms with van der Waals surface area (Å²) in [6, 6.07) is 0. The summed E-state index contributed by atoms with van der Waals surface area (Å²) in [6.07, 6.45) is 7.40. The van der Waals surface area contributed by atoms with Crippen LogP contribution in [0.4, 0.5) is 0 Å². The first-order valence-corrected chi connectivity index (χ1v) is 11.4. The van der Waals surface area contributed by atoms with Crippen molar-refractivity contribution in [1.82, 2.24) is 0 Å². The van der Waals surface area contributed by atoms with Crippen molar-refractivity contribution < 1.29 is 38.0 Å². The number of ether oxygens (including phenoxy) is 6. The van der Waals surface area contributed by atoms with Gasteiger partial charge >= 0.3 is 11.9 Å². The highest BCUT2D eigenvalue weighted by molar-refractivity contribution is 5.81. The fourth-order valence-electron chi connectivity index (χ4n) is 3.50. The third-order valence-electron chi connectivity index (χ3n) is 5.15. The molecule has 0 amide bonds. The summed E-state index contributed by atoms with van der Waals surface area (Å²) in [6.45, 7) is 14.0. The number of esters is 2. The van der Waals surface area contributed by atoms with Crippen molar-refractivity contribution in [2.45, 2.75) is 58.2 Å². The fourth-order valence-corrected chi connectivity index (χ4v) is 3.50. The molecule has 32 heavy (non-hydrogen) atoms. The zero-order valence-corrected chi connectivity index (χ0v) is 19.7. The van der Waals surface area contributed by atoms with E-state index in [1.165, 1.54) is 19.3 Å². The normalized spacial score (nSPS) is 17.2. The van der Waals surface area contributed by atoms with Crippen LogP contribution in [0.3, 0.4) is 0 Å². The van der Waals surface area contributed by atoms with Gasteiger partial charge in [0.2, 0.25) is 0 Å². The summed E-state index contributed by atoms with van der Waals surface area (Å²) >= 11 is 0. The molecule has 0 N–H and O–H groups in total. The van der Waals surface area contributed by atoms with Gasteiger partial charge in [-0.05, 0) is 26.7 Å². The maximum atomic E-state index is 11.1. The molecule has 0 aromatic carbocycles. The second-order valence-electron chi connectivity index (χ2n) is 8.22. The molecule has 0 bridgehead atoms. The van der Waals surface area contributed by atoms with Crippen molar-refractivity contribution in [2.75, 3.05) is 52.9 Å². The van der Waals surface area contributed by atoms with Crippen molar-refractivity contribution >= 4 is 11.9 Å². The molecule has 0 radical (unpaired) electrons. The van der Waals surface area contributed by atoms with Crippen LogP contribution < -0.4 is 0 Å². The molecule has 0 spiro atoms. The molecular weight excluding hydrogens is 416 g/mol. The predicted molar refractivity (Wildman–Crippen MR) is 120 cm³/mol. The third-order valence-corrected chi connectivity index (χ3v) is 5.15. The van der Waals surface area contributed by atoms with E-state index in [1.807, 2.05) is 0 Å². The number of carbonyl (C=O) groups excluding carboxylic acids is 2. The molecule has 0 aromatic rings. The van der Waals surface area contributed by atoms with Crippen molar-refractivity contribution in [2.24, 2.45) is 5.41 Å². The van der Waals surface area contributed by atoms with Gasteiger partial charge in [-0.25, -0.2) is 9.59 Å². The average Bonchev–Trinajstić information content (AvgIpc) is 2.78. The van der Waals surface area contributed by atoms with Crippen LogP contribution in [-0.4, -0.2) is 77.0 Å². The summed E-state index contributed by atoms with van der Waals surface area (Å²) < 4.78 is 32.9. The van der Waals surface area contributed by atoms with E-state index in [9.17, 15) is 9.59 Å². The molecule has 0 aromatic heterocycles. The molecule has 1 aliphatic rings. The van der Waals surface area contributed by atoms with Gasteiger partial charge < -0.3 is 28.4 Å². The predicted octanol–water partition coefficient (Wildman–Crippen LogP) is 3.24. The lowest BCUT2D eigenvalue weighted by atomic mass is 9.75. The maximum Gasteiger partial charge on any atom is 0.330 e. The number of hydrogen-bond donors (Lipinski definition) is 0.